The summed E-state index contributed by atoms with van der Waals surface area (Å²) in [5.41, 5.74) is 3.32. The molecule has 2 saturated heterocycles. The lowest BCUT2D eigenvalue weighted by Gasteiger charge is -2.62. The van der Waals surface area contributed by atoms with Crippen LogP contribution < -0.4 is 24.3 Å². The second-order valence-corrected chi connectivity index (χ2v) is 13.9. The van der Waals surface area contributed by atoms with Crippen molar-refractivity contribution in [3.63, 3.8) is 0 Å². The van der Waals surface area contributed by atoms with Crippen molar-refractivity contribution >= 4 is 29.6 Å². The lowest BCUT2D eigenvalue weighted by atomic mass is 9.73. The van der Waals surface area contributed by atoms with Crippen LogP contribution >= 0.6 is 11.8 Å². The van der Waals surface area contributed by atoms with Gasteiger partial charge in [0, 0.05) is 41.0 Å². The van der Waals surface area contributed by atoms with E-state index in [0.717, 1.165) is 17.3 Å². The minimum atomic E-state index is -5.26. The molecule has 3 N–H and O–H groups in total. The van der Waals surface area contributed by atoms with E-state index in [4.69, 9.17) is 23.7 Å². The highest BCUT2D eigenvalue weighted by Crippen LogP contribution is 2.63. The van der Waals surface area contributed by atoms with E-state index in [0.29, 0.717) is 45.7 Å². The van der Waals surface area contributed by atoms with Gasteiger partial charge in [-0.1, -0.05) is 6.07 Å². The van der Waals surface area contributed by atoms with E-state index in [2.05, 4.69) is 0 Å². The van der Waals surface area contributed by atoms with Crippen LogP contribution in [0, 0.1) is 13.8 Å². The molecule has 1 amide bonds. The number of alkyl halides is 3. The summed E-state index contributed by atoms with van der Waals surface area (Å²) in [6.07, 6.45) is -6.09. The number of rotatable bonds is 3. The molecule has 13 nitrogen and oxygen atoms in total. The van der Waals surface area contributed by atoms with E-state index in [1.54, 1.807) is 24.1 Å². The number of hydrogen-bond donors (Lipinski definition) is 3. The SMILES string of the molecule is COc1c(C)cc2c(c1O)[C@@H]1C3[C@@H]4SC[C@H](NC(=O)C(F)(F)F)C(=O)OC[C@@H](c5c6c(c(C)c(OC(C)=O)c54)OCO6)N3[C@@H](O)[C@H](C2)N1C. The fourth-order valence-corrected chi connectivity index (χ4v) is 9.62. The molecule has 2 aromatic carbocycles. The van der Waals surface area contributed by atoms with Crippen LogP contribution in [0.1, 0.15) is 57.6 Å². The number of aliphatic hydroxyl groups is 1. The minimum Gasteiger partial charge on any atom is -0.504 e. The second-order valence-electron chi connectivity index (χ2n) is 12.7. The summed E-state index contributed by atoms with van der Waals surface area (Å²) in [7, 11) is 3.26. The molecule has 2 fully saturated rings. The Labute approximate surface area is 282 Å². The number of hydrogen-bond acceptors (Lipinski definition) is 13. The Morgan fingerprint density at radius 2 is 1.82 bits per heavy atom. The van der Waals surface area contributed by atoms with Crippen LogP contribution in [-0.2, 0) is 25.5 Å². The smallest absolute Gasteiger partial charge is 0.471 e. The van der Waals surface area contributed by atoms with Crippen LogP contribution in [0.4, 0.5) is 13.2 Å². The van der Waals surface area contributed by atoms with Crippen molar-refractivity contribution in [1.29, 1.82) is 0 Å². The number of carbonyl (C=O) groups excluding carboxylic acids is 3. The van der Waals surface area contributed by atoms with Crippen molar-refractivity contribution in [2.75, 3.05) is 33.3 Å². The molecule has 264 valence electrons. The Hall–Kier alpha value is -3.93. The predicted molar refractivity (Wildman–Crippen MR) is 165 cm³/mol. The fraction of sp³-hybridized carbons (Fsp3) is 0.531. The number of methoxy groups -OCH3 is 1. The zero-order valence-corrected chi connectivity index (χ0v) is 27.9. The number of ether oxygens (including phenoxy) is 5. The number of nitrogens with zero attached hydrogens (tertiary/aromatic N) is 2. The number of nitrogens with one attached hydrogen (secondary N) is 1. The van der Waals surface area contributed by atoms with Crippen LogP contribution in [-0.4, -0.2) is 102 Å². The number of piperazine rings is 1. The van der Waals surface area contributed by atoms with Gasteiger partial charge in [-0.25, -0.2) is 4.79 Å². The van der Waals surface area contributed by atoms with Crippen molar-refractivity contribution < 1.29 is 61.5 Å². The molecule has 0 radical (unpaired) electrons. The highest BCUT2D eigenvalue weighted by Gasteiger charge is 2.60. The molecule has 1 unspecified atom stereocenters. The first-order valence-electron chi connectivity index (χ1n) is 15.5. The number of cyclic esters (lactones) is 1. The maximum atomic E-state index is 13.3. The molecular formula is C32H34F3N3O10S. The van der Waals surface area contributed by atoms with Gasteiger partial charge in [0.25, 0.3) is 0 Å². The van der Waals surface area contributed by atoms with E-state index < -0.39 is 78.1 Å². The first-order chi connectivity index (χ1) is 23.1. The molecule has 7 rings (SSSR count). The summed E-state index contributed by atoms with van der Waals surface area (Å²) in [5.74, 6) is -3.52. The van der Waals surface area contributed by atoms with Gasteiger partial charge in [-0.05, 0) is 38.4 Å². The third kappa shape index (κ3) is 5.07. The van der Waals surface area contributed by atoms with Crippen molar-refractivity contribution in [3.8, 4) is 28.7 Å². The second kappa shape index (κ2) is 11.8. The lowest BCUT2D eigenvalue weighted by Crippen LogP contribution is -2.69. The number of aryl methyl sites for hydroxylation is 1. The number of benzene rings is 2. The van der Waals surface area contributed by atoms with E-state index in [1.807, 2.05) is 18.0 Å². The van der Waals surface area contributed by atoms with Crippen molar-refractivity contribution in [1.82, 2.24) is 15.1 Å². The molecule has 5 aliphatic heterocycles. The summed E-state index contributed by atoms with van der Waals surface area (Å²) < 4.78 is 68.9. The molecule has 49 heavy (non-hydrogen) atoms. The van der Waals surface area contributed by atoms with Crippen molar-refractivity contribution in [2.45, 2.75) is 75.1 Å². The van der Waals surface area contributed by atoms with Gasteiger partial charge < -0.3 is 39.2 Å². The Kier molecular flexibility index (Phi) is 8.11. The number of carbonyl (C=O) groups is 3. The summed E-state index contributed by atoms with van der Waals surface area (Å²) in [4.78, 5) is 41.7. The van der Waals surface area contributed by atoms with Gasteiger partial charge in [0.15, 0.2) is 23.0 Å². The minimum absolute atomic E-state index is 0.0915. The first kappa shape index (κ1) is 33.6. The van der Waals surface area contributed by atoms with Crippen LogP contribution in [0.5, 0.6) is 28.7 Å². The molecule has 0 aromatic heterocycles. The molecule has 0 aliphatic carbocycles. The number of likely N-dealkylation sites (N-methyl/N-ethyl adjacent to an activating group) is 1. The topological polar surface area (TPSA) is 156 Å². The first-order valence-corrected chi connectivity index (χ1v) is 16.6. The summed E-state index contributed by atoms with van der Waals surface area (Å²) >= 11 is 1.03. The number of amides is 1. The van der Waals surface area contributed by atoms with Gasteiger partial charge in [0.05, 0.1) is 30.5 Å². The zero-order chi connectivity index (χ0) is 35.3. The van der Waals surface area contributed by atoms with Crippen LogP contribution in [0.2, 0.25) is 0 Å². The standard InChI is InChI=1S/C32H34F3N3O10S/c1-11-6-14-7-16-29(41)38-17-8-45-30(42)15(36-31(43)32(33,34)35)9-49-28(22(38)21(37(16)4)18(14)23(40)24(11)44-5)20-19(17)27-26(46-10-47-27)12(2)25(20)48-13(3)39/h6,15-17,21-22,28-29,40-41H,7-10H2,1-5H3,(H,36,43)/t15-,16-,17-,21+,22?,28+,29-/m0/s1. The third-order valence-electron chi connectivity index (χ3n) is 10.1. The molecule has 5 aliphatic rings. The van der Waals surface area contributed by atoms with Crippen LogP contribution in [0.3, 0.4) is 0 Å². The molecule has 0 spiro atoms. The van der Waals surface area contributed by atoms with Gasteiger partial charge in [0.1, 0.15) is 24.6 Å². The Morgan fingerprint density at radius 3 is 2.49 bits per heavy atom. The van der Waals surface area contributed by atoms with E-state index >= 15 is 0 Å². The highest BCUT2D eigenvalue weighted by molar-refractivity contribution is 7.99. The van der Waals surface area contributed by atoms with E-state index in [1.165, 1.54) is 14.0 Å². The van der Waals surface area contributed by atoms with Crippen LogP contribution in [0.25, 0.3) is 0 Å². The Bertz CT molecular complexity index is 1770. The largest absolute Gasteiger partial charge is 0.504 e. The normalized spacial score (nSPS) is 28.9. The average Bonchev–Trinajstić information content (AvgIpc) is 3.52. The number of phenols is 1. The number of fused-ring (bicyclic) bond motifs is 9. The average molecular weight is 710 g/mol. The molecular weight excluding hydrogens is 675 g/mol. The Morgan fingerprint density at radius 1 is 1.10 bits per heavy atom. The highest BCUT2D eigenvalue weighted by atomic mass is 32.2. The number of esters is 2. The molecule has 17 heteroatoms. The molecule has 0 saturated carbocycles. The number of aromatic hydroxyl groups is 1. The van der Waals surface area contributed by atoms with Gasteiger partial charge in [-0.15, -0.1) is 11.8 Å². The van der Waals surface area contributed by atoms with Gasteiger partial charge >= 0.3 is 24.0 Å². The maximum absolute atomic E-state index is 13.3. The molecule has 2 aromatic rings. The third-order valence-corrected chi connectivity index (χ3v) is 11.5. The maximum Gasteiger partial charge on any atom is 0.471 e. The van der Waals surface area contributed by atoms with E-state index in [9.17, 15) is 37.8 Å². The number of halogens is 3. The van der Waals surface area contributed by atoms with Crippen LogP contribution in [0.15, 0.2) is 6.07 Å². The molecule has 5 heterocycles. The zero-order valence-electron chi connectivity index (χ0n) is 27.0. The van der Waals surface area contributed by atoms with Crippen molar-refractivity contribution in [3.05, 3.63) is 39.4 Å². The van der Waals surface area contributed by atoms with Gasteiger partial charge in [-0.3, -0.25) is 19.4 Å². The van der Waals surface area contributed by atoms with Gasteiger partial charge in [-0.2, -0.15) is 13.2 Å². The summed E-state index contributed by atoms with van der Waals surface area (Å²) in [6.45, 7) is 4.06. The summed E-state index contributed by atoms with van der Waals surface area (Å²) in [5, 5.41) is 24.9. The number of phenolic OH excluding ortho intramolecular Hbond substituents is 1. The fourth-order valence-electron chi connectivity index (χ4n) is 8.12. The van der Waals surface area contributed by atoms with Crippen molar-refractivity contribution in [2.24, 2.45) is 0 Å². The molecule has 7 atom stereocenters. The molecule has 4 bridgehead atoms. The Balaban J connectivity index is 1.49. The number of thioether (sulfide) groups is 1. The summed E-state index contributed by atoms with van der Waals surface area (Å²) in [6, 6.07) is -2.73. The monoisotopic (exact) mass is 709 g/mol. The van der Waals surface area contributed by atoms with Gasteiger partial charge in [0.2, 0.25) is 6.79 Å². The predicted octanol–water partition coefficient (Wildman–Crippen LogP) is 2.70. The quantitative estimate of drug-likeness (QED) is 0.316. The lowest BCUT2D eigenvalue weighted by molar-refractivity contribution is -0.186. The van der Waals surface area contributed by atoms with E-state index in [-0.39, 0.29) is 24.0 Å². The number of aliphatic hydroxyl groups excluding tert-OH is 1.